The van der Waals surface area contributed by atoms with Gasteiger partial charge in [0.1, 0.15) is 0 Å². The summed E-state index contributed by atoms with van der Waals surface area (Å²) in [5.74, 6) is 0. The molecule has 0 aliphatic carbocycles. The highest BCUT2D eigenvalue weighted by Crippen LogP contribution is 2.25. The first kappa shape index (κ1) is 9.82. The molecule has 5 nitrogen and oxygen atoms in total. The molecule has 5 N–H and O–H groups in total. The zero-order valence-corrected chi connectivity index (χ0v) is 7.80. The van der Waals surface area contributed by atoms with Gasteiger partial charge < -0.3 is 11.5 Å². The summed E-state index contributed by atoms with van der Waals surface area (Å²) in [6.45, 7) is 1.48. The average molecular weight is 202 g/mol. The average Bonchev–Trinajstić information content (AvgIpc) is 1.98. The van der Waals surface area contributed by atoms with Crippen LogP contribution in [0.15, 0.2) is 17.0 Å². The lowest BCUT2D eigenvalue weighted by Crippen LogP contribution is -2.05. The Morgan fingerprint density at radius 2 is 1.85 bits per heavy atom. The molecule has 0 radical (unpaired) electrons. The van der Waals surface area contributed by atoms with E-state index in [1.165, 1.54) is 19.1 Å². The van der Waals surface area contributed by atoms with E-state index in [-0.39, 0.29) is 16.1 Å². The second-order valence-corrected chi connectivity index (χ2v) is 4.06. The fourth-order valence-corrected chi connectivity index (χ4v) is 1.75. The zero-order chi connectivity index (χ0) is 10.2. The smallest absolute Gasteiger partial charge is 0.294 e. The number of hydrogen-bond donors (Lipinski definition) is 3. The third-order valence-electron chi connectivity index (χ3n) is 1.78. The van der Waals surface area contributed by atoms with E-state index in [1.807, 2.05) is 0 Å². The number of hydrogen-bond acceptors (Lipinski definition) is 4. The maximum atomic E-state index is 10.8. The number of benzene rings is 1. The second-order valence-electron chi connectivity index (χ2n) is 2.67. The highest BCUT2D eigenvalue weighted by Gasteiger charge is 2.15. The zero-order valence-electron chi connectivity index (χ0n) is 6.98. The van der Waals surface area contributed by atoms with Gasteiger partial charge in [-0.15, -0.1) is 0 Å². The summed E-state index contributed by atoms with van der Waals surface area (Å²) in [7, 11) is -4.21. The third kappa shape index (κ3) is 1.73. The fourth-order valence-electron chi connectivity index (χ4n) is 1.01. The molecule has 13 heavy (non-hydrogen) atoms. The number of anilines is 2. The van der Waals surface area contributed by atoms with Crippen LogP contribution in [-0.2, 0) is 10.1 Å². The third-order valence-corrected chi connectivity index (χ3v) is 2.77. The standard InChI is InChI=1S/C7H10N2O3S/c1-4-6(13(10,11)12)3-2-5(8)7(4)9/h2-3H,8-9H2,1H3,(H,10,11,12). The summed E-state index contributed by atoms with van der Waals surface area (Å²) < 4.78 is 30.3. The van der Waals surface area contributed by atoms with Crippen molar-refractivity contribution in [3.8, 4) is 0 Å². The molecule has 0 heterocycles. The molecule has 6 heteroatoms. The van der Waals surface area contributed by atoms with Crippen molar-refractivity contribution in [1.82, 2.24) is 0 Å². The van der Waals surface area contributed by atoms with Gasteiger partial charge in [-0.05, 0) is 24.6 Å². The van der Waals surface area contributed by atoms with Crippen LogP contribution < -0.4 is 11.5 Å². The fraction of sp³-hybridized carbons (Fsp3) is 0.143. The molecule has 0 bridgehead atoms. The second kappa shape index (κ2) is 2.90. The maximum Gasteiger partial charge on any atom is 0.294 e. The molecule has 0 unspecified atom stereocenters. The van der Waals surface area contributed by atoms with Crippen LogP contribution in [0.2, 0.25) is 0 Å². The Morgan fingerprint density at radius 3 is 2.31 bits per heavy atom. The Balaban J connectivity index is 3.53. The van der Waals surface area contributed by atoms with Crippen molar-refractivity contribution in [3.63, 3.8) is 0 Å². The van der Waals surface area contributed by atoms with Crippen LogP contribution in [0.1, 0.15) is 5.56 Å². The molecule has 1 aromatic carbocycles. The van der Waals surface area contributed by atoms with Gasteiger partial charge in [0, 0.05) is 0 Å². The molecular formula is C7H10N2O3S. The predicted octanol–water partition coefficient (Wildman–Crippen LogP) is 0.406. The monoisotopic (exact) mass is 202 g/mol. The van der Waals surface area contributed by atoms with E-state index in [4.69, 9.17) is 16.0 Å². The molecule has 0 spiro atoms. The van der Waals surface area contributed by atoms with E-state index in [9.17, 15) is 8.42 Å². The Kier molecular flexibility index (Phi) is 2.19. The highest BCUT2D eigenvalue weighted by atomic mass is 32.2. The van der Waals surface area contributed by atoms with Gasteiger partial charge in [-0.1, -0.05) is 0 Å². The molecular weight excluding hydrogens is 192 g/mol. The maximum absolute atomic E-state index is 10.8. The van der Waals surface area contributed by atoms with Gasteiger partial charge in [0.25, 0.3) is 10.1 Å². The van der Waals surface area contributed by atoms with Crippen molar-refractivity contribution in [2.75, 3.05) is 11.5 Å². The van der Waals surface area contributed by atoms with Crippen LogP contribution in [0.5, 0.6) is 0 Å². The van der Waals surface area contributed by atoms with Gasteiger partial charge in [-0.25, -0.2) is 0 Å². The summed E-state index contributed by atoms with van der Waals surface area (Å²) in [5, 5.41) is 0. The van der Waals surface area contributed by atoms with Gasteiger partial charge in [-0.3, -0.25) is 4.55 Å². The van der Waals surface area contributed by atoms with Crippen LogP contribution in [0.3, 0.4) is 0 Å². The number of rotatable bonds is 1. The number of nitrogens with two attached hydrogens (primary N) is 2. The molecule has 0 fully saturated rings. The minimum Gasteiger partial charge on any atom is -0.397 e. The van der Waals surface area contributed by atoms with Crippen molar-refractivity contribution in [2.24, 2.45) is 0 Å². The minimum atomic E-state index is -4.21. The van der Waals surface area contributed by atoms with Crippen molar-refractivity contribution < 1.29 is 13.0 Å². The Bertz CT molecular complexity index is 439. The minimum absolute atomic E-state index is 0.176. The molecule has 1 aromatic rings. The van der Waals surface area contributed by atoms with Crippen molar-refractivity contribution >= 4 is 21.5 Å². The van der Waals surface area contributed by atoms with E-state index in [1.54, 1.807) is 0 Å². The SMILES string of the molecule is Cc1c(S(=O)(=O)O)ccc(N)c1N. The lowest BCUT2D eigenvalue weighted by Gasteiger charge is -2.07. The van der Waals surface area contributed by atoms with E-state index in [0.717, 1.165) is 0 Å². The van der Waals surface area contributed by atoms with Gasteiger partial charge >= 0.3 is 0 Å². The van der Waals surface area contributed by atoms with Crippen LogP contribution >= 0.6 is 0 Å². The Morgan fingerprint density at radius 1 is 1.31 bits per heavy atom. The number of nitrogen functional groups attached to an aromatic ring is 2. The van der Waals surface area contributed by atoms with Gasteiger partial charge in [0.05, 0.1) is 16.3 Å². The molecule has 72 valence electrons. The Labute approximate surface area is 76.1 Å². The summed E-state index contributed by atoms with van der Waals surface area (Å²) >= 11 is 0. The molecule has 0 aliphatic rings. The summed E-state index contributed by atoms with van der Waals surface area (Å²) in [4.78, 5) is -0.209. The van der Waals surface area contributed by atoms with Gasteiger partial charge in [0.15, 0.2) is 0 Å². The molecule has 0 aromatic heterocycles. The first-order valence-electron chi connectivity index (χ1n) is 3.46. The van der Waals surface area contributed by atoms with E-state index >= 15 is 0 Å². The van der Waals surface area contributed by atoms with E-state index in [0.29, 0.717) is 5.69 Å². The molecule has 0 amide bonds. The molecule has 0 atom stereocenters. The van der Waals surface area contributed by atoms with Crippen molar-refractivity contribution in [3.05, 3.63) is 17.7 Å². The van der Waals surface area contributed by atoms with Crippen LogP contribution in [0.4, 0.5) is 11.4 Å². The van der Waals surface area contributed by atoms with Crippen LogP contribution in [-0.4, -0.2) is 13.0 Å². The quantitative estimate of drug-likeness (QED) is 0.451. The molecule has 1 rings (SSSR count). The molecule has 0 saturated carbocycles. The Hall–Kier alpha value is -1.27. The topological polar surface area (TPSA) is 106 Å². The lowest BCUT2D eigenvalue weighted by molar-refractivity contribution is 0.482. The van der Waals surface area contributed by atoms with Crippen molar-refractivity contribution in [2.45, 2.75) is 11.8 Å². The highest BCUT2D eigenvalue weighted by molar-refractivity contribution is 7.85. The van der Waals surface area contributed by atoms with Crippen LogP contribution in [0.25, 0.3) is 0 Å². The first-order chi connectivity index (χ1) is 5.84. The molecule has 0 aliphatic heterocycles. The normalized spacial score (nSPS) is 11.5. The largest absolute Gasteiger partial charge is 0.397 e. The van der Waals surface area contributed by atoms with Gasteiger partial charge in [-0.2, -0.15) is 8.42 Å². The lowest BCUT2D eigenvalue weighted by atomic mass is 10.2. The van der Waals surface area contributed by atoms with E-state index < -0.39 is 10.1 Å². The summed E-state index contributed by atoms with van der Waals surface area (Å²) in [6.07, 6.45) is 0. The predicted molar refractivity (Wildman–Crippen MR) is 49.8 cm³/mol. The first-order valence-corrected chi connectivity index (χ1v) is 4.90. The van der Waals surface area contributed by atoms with Crippen LogP contribution in [0, 0.1) is 6.92 Å². The van der Waals surface area contributed by atoms with E-state index in [2.05, 4.69) is 0 Å². The van der Waals surface area contributed by atoms with Gasteiger partial charge in [0.2, 0.25) is 0 Å². The van der Waals surface area contributed by atoms with Crippen molar-refractivity contribution in [1.29, 1.82) is 0 Å². The summed E-state index contributed by atoms with van der Waals surface area (Å²) in [5.41, 5.74) is 11.6. The summed E-state index contributed by atoms with van der Waals surface area (Å²) in [6, 6.07) is 2.56. The molecule has 0 saturated heterocycles.